The molecule has 7 saturated heterocycles. The summed E-state index contributed by atoms with van der Waals surface area (Å²) in [5.74, 6) is 0. The highest BCUT2D eigenvalue weighted by atomic mass is 16.5. The van der Waals surface area contributed by atoms with Crippen molar-refractivity contribution in [1.82, 2.24) is 19.9 Å². The molecule has 7 fully saturated rings. The zero-order valence-corrected chi connectivity index (χ0v) is 27.7. The number of carbonyl (C=O) groups is 1. The normalized spacial score (nSPS) is 34.9. The van der Waals surface area contributed by atoms with Crippen LogP contribution >= 0.6 is 0 Å². The number of carbonyl (C=O) groups excluding carboxylic acids is 1. The second-order valence-corrected chi connectivity index (χ2v) is 15.2. The number of urea groups is 1. The standard InChI is InChI=1S/C33H56N4O9/c1-41-18-19-46-28-24-34(26-20-30(2-10-42-11-3-30)36(39)31(21-26)4-12-43-13-5-31)29(38)35(25-28)27-22-32(6-14-44-15-7-32)37(40)33(23-27)8-16-45-17-9-33/h26-28,39-40H,2-25H2,1H3. The molecule has 7 aliphatic rings. The Morgan fingerprint density at radius 3 is 1.24 bits per heavy atom. The predicted octanol–water partition coefficient (Wildman–Crippen LogP) is 2.66. The summed E-state index contributed by atoms with van der Waals surface area (Å²) in [6, 6.07) is -0.0286. The van der Waals surface area contributed by atoms with E-state index in [9.17, 15) is 15.2 Å². The minimum Gasteiger partial charge on any atom is -0.382 e. The number of nitrogens with zero attached hydrogens (tertiary/aromatic N) is 4. The van der Waals surface area contributed by atoms with E-state index in [2.05, 4.69) is 9.80 Å². The van der Waals surface area contributed by atoms with Crippen molar-refractivity contribution in [3.05, 3.63) is 0 Å². The first kappa shape index (κ1) is 33.4. The van der Waals surface area contributed by atoms with Gasteiger partial charge < -0.3 is 48.6 Å². The van der Waals surface area contributed by atoms with Gasteiger partial charge in [-0.2, -0.15) is 10.1 Å². The topological polar surface area (TPSA) is 126 Å². The second-order valence-electron chi connectivity index (χ2n) is 15.2. The van der Waals surface area contributed by atoms with Gasteiger partial charge in [0, 0.05) is 72.0 Å². The fourth-order valence-electron chi connectivity index (χ4n) is 10.2. The van der Waals surface area contributed by atoms with Crippen molar-refractivity contribution in [2.24, 2.45) is 0 Å². The molecule has 4 spiro atoms. The lowest BCUT2D eigenvalue weighted by atomic mass is 9.68. The fourth-order valence-corrected chi connectivity index (χ4v) is 10.2. The van der Waals surface area contributed by atoms with Crippen LogP contribution in [0.3, 0.4) is 0 Å². The first-order chi connectivity index (χ1) is 22.3. The minimum absolute atomic E-state index is 0.0459. The van der Waals surface area contributed by atoms with E-state index >= 15 is 0 Å². The number of hydrogen-bond acceptors (Lipinski definition) is 11. The number of rotatable bonds is 6. The van der Waals surface area contributed by atoms with Crippen molar-refractivity contribution in [2.45, 2.75) is 117 Å². The quantitative estimate of drug-likeness (QED) is 0.412. The molecule has 13 heteroatoms. The van der Waals surface area contributed by atoms with E-state index in [0.717, 1.165) is 51.4 Å². The van der Waals surface area contributed by atoms with Gasteiger partial charge in [0.2, 0.25) is 0 Å². The molecule has 7 heterocycles. The molecule has 0 aliphatic carbocycles. The lowest BCUT2D eigenvalue weighted by Gasteiger charge is -2.62. The average molecular weight is 653 g/mol. The van der Waals surface area contributed by atoms with Crippen LogP contribution in [-0.4, -0.2) is 163 Å². The summed E-state index contributed by atoms with van der Waals surface area (Å²) in [6.45, 7) is 6.86. The van der Waals surface area contributed by atoms with Crippen LogP contribution in [0, 0.1) is 0 Å². The average Bonchev–Trinajstić information content (AvgIpc) is 3.08. The Morgan fingerprint density at radius 1 is 0.609 bits per heavy atom. The molecule has 2 N–H and O–H groups in total. The van der Waals surface area contributed by atoms with Crippen LogP contribution < -0.4 is 0 Å². The fraction of sp³-hybridized carbons (Fsp3) is 0.970. The number of ether oxygens (including phenoxy) is 6. The molecular weight excluding hydrogens is 596 g/mol. The second kappa shape index (κ2) is 13.6. The summed E-state index contributed by atoms with van der Waals surface area (Å²) in [5, 5.41) is 27.2. The summed E-state index contributed by atoms with van der Waals surface area (Å²) >= 11 is 0. The van der Waals surface area contributed by atoms with Gasteiger partial charge >= 0.3 is 6.03 Å². The third-order valence-electron chi connectivity index (χ3n) is 12.8. The van der Waals surface area contributed by atoms with Gasteiger partial charge in [-0.25, -0.2) is 4.79 Å². The first-order valence-electron chi connectivity index (χ1n) is 17.8. The molecule has 0 aromatic carbocycles. The predicted molar refractivity (Wildman–Crippen MR) is 165 cm³/mol. The Bertz CT molecular complexity index is 912. The van der Waals surface area contributed by atoms with Gasteiger partial charge in [0.05, 0.1) is 54.6 Å². The van der Waals surface area contributed by atoms with E-state index in [1.807, 2.05) is 0 Å². The van der Waals surface area contributed by atoms with Gasteiger partial charge in [-0.1, -0.05) is 0 Å². The molecule has 7 aliphatic heterocycles. The highest BCUT2D eigenvalue weighted by molar-refractivity contribution is 5.76. The van der Waals surface area contributed by atoms with Gasteiger partial charge in [-0.05, 0) is 77.0 Å². The molecule has 0 aromatic heterocycles. The first-order valence-corrected chi connectivity index (χ1v) is 17.8. The molecule has 7 rings (SSSR count). The number of methoxy groups -OCH3 is 1. The largest absolute Gasteiger partial charge is 0.382 e. The molecule has 0 atom stereocenters. The molecule has 0 radical (unpaired) electrons. The smallest absolute Gasteiger partial charge is 0.320 e. The molecule has 0 aromatic rings. The minimum atomic E-state index is -0.436. The molecule has 0 saturated carbocycles. The summed E-state index contributed by atoms with van der Waals surface area (Å²) in [5.41, 5.74) is -1.75. The van der Waals surface area contributed by atoms with E-state index in [4.69, 9.17) is 28.4 Å². The maximum absolute atomic E-state index is 15.0. The van der Waals surface area contributed by atoms with Crippen LogP contribution in [0.2, 0.25) is 0 Å². The van der Waals surface area contributed by atoms with Gasteiger partial charge in [-0.3, -0.25) is 0 Å². The number of piperidine rings is 2. The molecular formula is C33H56N4O9. The monoisotopic (exact) mass is 652 g/mol. The number of amides is 2. The van der Waals surface area contributed by atoms with Crippen molar-refractivity contribution in [1.29, 1.82) is 0 Å². The third kappa shape index (κ3) is 6.01. The van der Waals surface area contributed by atoms with Gasteiger partial charge in [0.15, 0.2) is 0 Å². The van der Waals surface area contributed by atoms with Crippen molar-refractivity contribution in [3.63, 3.8) is 0 Å². The molecule has 0 unspecified atom stereocenters. The van der Waals surface area contributed by atoms with Crippen LogP contribution in [-0.2, 0) is 28.4 Å². The lowest BCUT2D eigenvalue weighted by Crippen LogP contribution is -2.73. The Hall–Kier alpha value is -1.13. The highest BCUT2D eigenvalue weighted by Gasteiger charge is 2.60. The summed E-state index contributed by atoms with van der Waals surface area (Å²) in [4.78, 5) is 19.2. The van der Waals surface area contributed by atoms with Crippen LogP contribution in [0.15, 0.2) is 0 Å². The van der Waals surface area contributed by atoms with E-state index in [0.29, 0.717) is 105 Å². The third-order valence-corrected chi connectivity index (χ3v) is 12.8. The zero-order chi connectivity index (χ0) is 31.8. The van der Waals surface area contributed by atoms with Gasteiger partial charge in [-0.15, -0.1) is 0 Å². The lowest BCUT2D eigenvalue weighted by molar-refractivity contribution is -0.302. The Balaban J connectivity index is 1.21. The van der Waals surface area contributed by atoms with Crippen molar-refractivity contribution in [3.8, 4) is 0 Å². The number of hydrogen-bond donors (Lipinski definition) is 2. The zero-order valence-electron chi connectivity index (χ0n) is 27.7. The molecule has 0 bridgehead atoms. The summed E-state index contributed by atoms with van der Waals surface area (Å²) in [7, 11) is 1.68. The maximum atomic E-state index is 15.0. The number of hydroxylamine groups is 4. The molecule has 13 nitrogen and oxygen atoms in total. The van der Waals surface area contributed by atoms with E-state index < -0.39 is 22.2 Å². The maximum Gasteiger partial charge on any atom is 0.320 e. The Labute approximate surface area is 273 Å². The Morgan fingerprint density at radius 2 is 0.935 bits per heavy atom. The highest BCUT2D eigenvalue weighted by Crippen LogP contribution is 2.51. The van der Waals surface area contributed by atoms with Gasteiger partial charge in [0.1, 0.15) is 0 Å². The van der Waals surface area contributed by atoms with E-state index in [1.165, 1.54) is 0 Å². The van der Waals surface area contributed by atoms with Crippen molar-refractivity contribution < 1.29 is 43.6 Å². The molecule has 2 amide bonds. The van der Waals surface area contributed by atoms with Crippen LogP contribution in [0.4, 0.5) is 4.79 Å². The van der Waals surface area contributed by atoms with E-state index in [1.54, 1.807) is 17.2 Å². The summed E-state index contributed by atoms with van der Waals surface area (Å²) in [6.07, 6.45) is 8.59. The molecule has 46 heavy (non-hydrogen) atoms. The summed E-state index contributed by atoms with van der Waals surface area (Å²) < 4.78 is 34.9. The van der Waals surface area contributed by atoms with E-state index in [-0.39, 0.29) is 24.2 Å². The van der Waals surface area contributed by atoms with Gasteiger partial charge in [0.25, 0.3) is 0 Å². The van der Waals surface area contributed by atoms with Crippen LogP contribution in [0.5, 0.6) is 0 Å². The molecule has 262 valence electrons. The van der Waals surface area contributed by atoms with Crippen LogP contribution in [0.1, 0.15) is 77.0 Å². The van der Waals surface area contributed by atoms with Crippen molar-refractivity contribution >= 4 is 6.03 Å². The Kier molecular flexibility index (Phi) is 9.90. The van der Waals surface area contributed by atoms with Crippen LogP contribution in [0.25, 0.3) is 0 Å². The SMILES string of the molecule is COCCOC1CN(C2CC3(CCOCC3)N(O)C3(CCOCC3)C2)C(=O)N(C2CC3(CCOCC3)N(O)C3(CCOCC3)C2)C1. The van der Waals surface area contributed by atoms with Crippen molar-refractivity contribution in [2.75, 3.05) is 86.3 Å².